The van der Waals surface area contributed by atoms with Gasteiger partial charge in [-0.05, 0) is 51.8 Å². The summed E-state index contributed by atoms with van der Waals surface area (Å²) in [5.74, 6) is 1.12. The molecule has 17 heavy (non-hydrogen) atoms. The predicted octanol–water partition coefficient (Wildman–Crippen LogP) is 2.81. The number of rotatable bonds is 3. The van der Waals surface area contributed by atoms with Crippen LogP contribution in [0.3, 0.4) is 0 Å². The molecule has 1 atom stereocenters. The fraction of sp³-hybridized carbons (Fsp3) is 0.643. The van der Waals surface area contributed by atoms with Crippen LogP contribution in [-0.2, 0) is 0 Å². The highest BCUT2D eigenvalue weighted by molar-refractivity contribution is 5.47. The molecule has 2 heterocycles. The molecule has 0 aromatic carbocycles. The Labute approximate surface area is 103 Å². The quantitative estimate of drug-likeness (QED) is 0.867. The molecule has 1 saturated carbocycles. The molecule has 3 heteroatoms. The largest absolute Gasteiger partial charge is 0.367 e. The van der Waals surface area contributed by atoms with Crippen LogP contribution >= 0.6 is 0 Å². The van der Waals surface area contributed by atoms with Crippen molar-refractivity contribution in [2.24, 2.45) is 0 Å². The van der Waals surface area contributed by atoms with E-state index in [9.17, 15) is 0 Å². The Bertz CT molecular complexity index is 387. The normalized spacial score (nSPS) is 25.8. The first-order valence-corrected chi connectivity index (χ1v) is 6.76. The zero-order valence-electron chi connectivity index (χ0n) is 10.5. The molecule has 0 spiro atoms. The minimum Gasteiger partial charge on any atom is -0.367 e. The zero-order chi connectivity index (χ0) is 11.7. The van der Waals surface area contributed by atoms with Gasteiger partial charge in [0.2, 0.25) is 0 Å². The second-order valence-corrected chi connectivity index (χ2v) is 5.35. The van der Waals surface area contributed by atoms with Crippen molar-refractivity contribution < 1.29 is 0 Å². The van der Waals surface area contributed by atoms with Gasteiger partial charge in [-0.3, -0.25) is 4.90 Å². The van der Waals surface area contributed by atoms with Crippen molar-refractivity contribution in [2.45, 2.75) is 44.2 Å². The number of hydrogen-bond acceptors (Lipinski definition) is 3. The second-order valence-electron chi connectivity index (χ2n) is 5.35. The number of nitrogens with zero attached hydrogens (tertiary/aromatic N) is 2. The number of likely N-dealkylation sites (tertiary alicyclic amines) is 1. The van der Waals surface area contributed by atoms with Crippen molar-refractivity contribution >= 4 is 5.82 Å². The van der Waals surface area contributed by atoms with Crippen molar-refractivity contribution in [3.05, 3.63) is 23.9 Å². The van der Waals surface area contributed by atoms with E-state index in [-0.39, 0.29) is 0 Å². The Morgan fingerprint density at radius 2 is 2.18 bits per heavy atom. The lowest BCUT2D eigenvalue weighted by atomic mass is 9.93. The Morgan fingerprint density at radius 1 is 1.29 bits per heavy atom. The average Bonchev–Trinajstić information content (AvgIpc) is 2.70. The predicted molar refractivity (Wildman–Crippen MR) is 70.1 cm³/mol. The summed E-state index contributed by atoms with van der Waals surface area (Å²) in [6, 6.07) is 5.52. The van der Waals surface area contributed by atoms with E-state index in [4.69, 9.17) is 0 Å². The molecule has 3 rings (SSSR count). The van der Waals surface area contributed by atoms with E-state index in [1.165, 1.54) is 44.2 Å². The molecule has 1 saturated heterocycles. The number of aromatic nitrogens is 1. The Kier molecular flexibility index (Phi) is 3.02. The Balaban J connectivity index is 1.81. The maximum Gasteiger partial charge on any atom is 0.130 e. The van der Waals surface area contributed by atoms with Crippen LogP contribution in [0, 0.1) is 0 Å². The lowest BCUT2D eigenvalue weighted by molar-refractivity contribution is 0.317. The SMILES string of the molecule is CN1CCCC1c1cccnc1NC1CCC1. The molecular formula is C14H21N3. The summed E-state index contributed by atoms with van der Waals surface area (Å²) >= 11 is 0. The van der Waals surface area contributed by atoms with Gasteiger partial charge < -0.3 is 5.32 Å². The standard InChI is InChI=1S/C14H21N3/c1-17-10-4-8-13(17)12-7-3-9-15-14(12)16-11-5-2-6-11/h3,7,9,11,13H,2,4-6,8,10H2,1H3,(H,15,16). The van der Waals surface area contributed by atoms with Crippen LogP contribution in [0.15, 0.2) is 18.3 Å². The number of anilines is 1. The molecule has 1 aliphatic carbocycles. The third kappa shape index (κ3) is 2.16. The maximum absolute atomic E-state index is 4.54. The van der Waals surface area contributed by atoms with E-state index in [1.54, 1.807) is 0 Å². The van der Waals surface area contributed by atoms with Crippen molar-refractivity contribution in [3.8, 4) is 0 Å². The van der Waals surface area contributed by atoms with E-state index >= 15 is 0 Å². The van der Waals surface area contributed by atoms with E-state index < -0.39 is 0 Å². The first kappa shape index (κ1) is 11.0. The third-order valence-electron chi connectivity index (χ3n) is 4.16. The van der Waals surface area contributed by atoms with Gasteiger partial charge in [0.15, 0.2) is 0 Å². The van der Waals surface area contributed by atoms with Gasteiger partial charge >= 0.3 is 0 Å². The molecule has 0 bridgehead atoms. The molecule has 1 aromatic heterocycles. The van der Waals surface area contributed by atoms with Crippen LogP contribution in [0.5, 0.6) is 0 Å². The highest BCUT2D eigenvalue weighted by Gasteiger charge is 2.26. The van der Waals surface area contributed by atoms with E-state index in [0.717, 1.165) is 5.82 Å². The van der Waals surface area contributed by atoms with Crippen LogP contribution in [0.1, 0.15) is 43.7 Å². The maximum atomic E-state index is 4.54. The van der Waals surface area contributed by atoms with E-state index in [0.29, 0.717) is 12.1 Å². The van der Waals surface area contributed by atoms with Crippen molar-refractivity contribution in [1.29, 1.82) is 0 Å². The molecule has 1 aliphatic heterocycles. The summed E-state index contributed by atoms with van der Waals surface area (Å²) in [4.78, 5) is 6.99. The fourth-order valence-electron chi connectivity index (χ4n) is 2.86. The lowest BCUT2D eigenvalue weighted by Crippen LogP contribution is -2.29. The van der Waals surface area contributed by atoms with Crippen molar-refractivity contribution in [3.63, 3.8) is 0 Å². The molecule has 0 amide bonds. The molecule has 2 aliphatic rings. The molecule has 1 aromatic rings. The summed E-state index contributed by atoms with van der Waals surface area (Å²) in [5, 5.41) is 3.61. The Morgan fingerprint density at radius 3 is 2.82 bits per heavy atom. The summed E-state index contributed by atoms with van der Waals surface area (Å²) < 4.78 is 0. The first-order chi connectivity index (χ1) is 8.34. The minimum atomic E-state index is 0.561. The van der Waals surface area contributed by atoms with Crippen molar-refractivity contribution in [2.75, 3.05) is 18.9 Å². The van der Waals surface area contributed by atoms with Crippen LogP contribution in [-0.4, -0.2) is 29.5 Å². The smallest absolute Gasteiger partial charge is 0.130 e. The lowest BCUT2D eigenvalue weighted by Gasteiger charge is -2.29. The van der Waals surface area contributed by atoms with Gasteiger partial charge in [-0.1, -0.05) is 6.07 Å². The van der Waals surface area contributed by atoms with Gasteiger partial charge in [0.1, 0.15) is 5.82 Å². The summed E-state index contributed by atoms with van der Waals surface area (Å²) in [6.07, 6.45) is 8.44. The van der Waals surface area contributed by atoms with Crippen LogP contribution in [0.4, 0.5) is 5.82 Å². The summed E-state index contributed by atoms with van der Waals surface area (Å²) in [6.45, 7) is 1.21. The second kappa shape index (κ2) is 4.65. The highest BCUT2D eigenvalue weighted by atomic mass is 15.2. The zero-order valence-corrected chi connectivity index (χ0v) is 10.5. The monoisotopic (exact) mass is 231 g/mol. The van der Waals surface area contributed by atoms with Gasteiger partial charge in [-0.2, -0.15) is 0 Å². The van der Waals surface area contributed by atoms with Crippen LogP contribution in [0.2, 0.25) is 0 Å². The summed E-state index contributed by atoms with van der Waals surface area (Å²) in [7, 11) is 2.22. The van der Waals surface area contributed by atoms with Gasteiger partial charge in [-0.15, -0.1) is 0 Å². The van der Waals surface area contributed by atoms with Gasteiger partial charge in [0.25, 0.3) is 0 Å². The average molecular weight is 231 g/mol. The molecule has 1 unspecified atom stereocenters. The Hall–Kier alpha value is -1.09. The van der Waals surface area contributed by atoms with Crippen molar-refractivity contribution in [1.82, 2.24) is 9.88 Å². The van der Waals surface area contributed by atoms with Gasteiger partial charge in [0.05, 0.1) is 0 Å². The molecule has 3 nitrogen and oxygen atoms in total. The first-order valence-electron chi connectivity index (χ1n) is 6.76. The highest BCUT2D eigenvalue weighted by Crippen LogP contribution is 2.34. The fourth-order valence-corrected chi connectivity index (χ4v) is 2.86. The van der Waals surface area contributed by atoms with Gasteiger partial charge in [-0.25, -0.2) is 4.98 Å². The number of pyridine rings is 1. The minimum absolute atomic E-state index is 0.561. The van der Waals surface area contributed by atoms with E-state index in [1.807, 2.05) is 6.20 Å². The molecule has 0 radical (unpaired) electrons. The molecule has 92 valence electrons. The summed E-state index contributed by atoms with van der Waals surface area (Å²) in [5.41, 5.74) is 1.39. The van der Waals surface area contributed by atoms with Crippen LogP contribution in [0.25, 0.3) is 0 Å². The van der Waals surface area contributed by atoms with Crippen LogP contribution < -0.4 is 5.32 Å². The number of hydrogen-bond donors (Lipinski definition) is 1. The number of nitrogens with one attached hydrogen (secondary N) is 1. The third-order valence-corrected chi connectivity index (χ3v) is 4.16. The molecule has 1 N–H and O–H groups in total. The molecule has 2 fully saturated rings. The van der Waals surface area contributed by atoms with Gasteiger partial charge in [0, 0.05) is 23.8 Å². The van der Waals surface area contributed by atoms with E-state index in [2.05, 4.69) is 34.4 Å². The topological polar surface area (TPSA) is 28.2 Å². The molecular weight excluding hydrogens is 210 g/mol.